The van der Waals surface area contributed by atoms with Gasteiger partial charge in [-0.2, -0.15) is 0 Å². The van der Waals surface area contributed by atoms with Gasteiger partial charge in [0.05, 0.1) is 0 Å². The van der Waals surface area contributed by atoms with Gasteiger partial charge in [0.1, 0.15) is 0 Å². The summed E-state index contributed by atoms with van der Waals surface area (Å²) in [5, 5.41) is 0. The zero-order valence-corrected chi connectivity index (χ0v) is 20.0. The monoisotopic (exact) mass is 433 g/mol. The molecule has 0 saturated carbocycles. The summed E-state index contributed by atoms with van der Waals surface area (Å²) in [5.41, 5.74) is 2.33. The molecule has 0 unspecified atom stereocenters. The van der Waals surface area contributed by atoms with E-state index in [1.54, 1.807) is 30.1 Å². The van der Waals surface area contributed by atoms with E-state index < -0.39 is 0 Å². The highest BCUT2D eigenvalue weighted by Crippen LogP contribution is 2.26. The number of methoxy groups -OCH3 is 1. The predicted molar refractivity (Wildman–Crippen MR) is 128 cm³/mol. The molecule has 2 bridgehead atoms. The standard InChI is InChI=1S/C10H13NO.C7H13N.C6H11NO.C2H6O/c1-3-9-5-6-11(8-12)7-10(9)4-2;1-4-8-5-2-7(1)3-6-8;1-7-5-3-2-4-6(7)8;1-3-2/h3-4,8H,1-2,5-7H2;7H,1-6H2;2-5H2,1H3;1-2H3. The van der Waals surface area contributed by atoms with E-state index in [0.29, 0.717) is 12.5 Å². The van der Waals surface area contributed by atoms with E-state index in [1.807, 2.05) is 13.1 Å². The van der Waals surface area contributed by atoms with Crippen LogP contribution in [0.25, 0.3) is 0 Å². The van der Waals surface area contributed by atoms with Gasteiger partial charge >= 0.3 is 0 Å². The van der Waals surface area contributed by atoms with E-state index in [-0.39, 0.29) is 0 Å². The molecule has 0 spiro atoms. The summed E-state index contributed by atoms with van der Waals surface area (Å²) < 4.78 is 4.25. The number of amides is 2. The molecule has 6 nitrogen and oxygen atoms in total. The minimum atomic E-state index is 0.302. The van der Waals surface area contributed by atoms with E-state index in [1.165, 1.54) is 50.9 Å². The zero-order chi connectivity index (χ0) is 23.1. The lowest BCUT2D eigenvalue weighted by atomic mass is 9.89. The number of carbonyl (C=O) groups excluding carboxylic acids is 2. The van der Waals surface area contributed by atoms with Crippen LogP contribution in [0.2, 0.25) is 0 Å². The second kappa shape index (κ2) is 15.8. The fourth-order valence-corrected chi connectivity index (χ4v) is 4.15. The number of fused-ring (bicyclic) bond motifs is 3. The maximum Gasteiger partial charge on any atom is 0.222 e. The number of piperidine rings is 4. The molecule has 6 heteroatoms. The number of hydrogen-bond acceptors (Lipinski definition) is 4. The molecule has 4 fully saturated rings. The van der Waals surface area contributed by atoms with E-state index in [4.69, 9.17) is 0 Å². The summed E-state index contributed by atoms with van der Waals surface area (Å²) >= 11 is 0. The molecule has 2 amide bonds. The van der Waals surface area contributed by atoms with Gasteiger partial charge in [0.25, 0.3) is 0 Å². The van der Waals surface area contributed by atoms with Crippen LogP contribution < -0.4 is 0 Å². The van der Waals surface area contributed by atoms with Gasteiger partial charge in [-0.15, -0.1) is 0 Å². The number of rotatable bonds is 3. The van der Waals surface area contributed by atoms with Crippen LogP contribution in [0, 0.1) is 5.92 Å². The van der Waals surface area contributed by atoms with Crippen molar-refractivity contribution in [2.75, 3.05) is 60.5 Å². The Morgan fingerprint density at radius 2 is 1.48 bits per heavy atom. The Balaban J connectivity index is 0.000000224. The van der Waals surface area contributed by atoms with Crippen LogP contribution in [-0.4, -0.2) is 87.6 Å². The van der Waals surface area contributed by atoms with Gasteiger partial charge < -0.3 is 19.4 Å². The fraction of sp³-hybridized carbons (Fsp3) is 0.680. The number of allylic oxidation sites excluding steroid dienone is 1. The molecular formula is C25H43N3O3. The highest BCUT2D eigenvalue weighted by atomic mass is 16.4. The lowest BCUT2D eigenvalue weighted by Crippen LogP contribution is -2.41. The molecule has 0 aromatic carbocycles. The first-order valence-electron chi connectivity index (χ1n) is 11.5. The first-order valence-corrected chi connectivity index (χ1v) is 11.5. The molecule has 0 atom stereocenters. The second-order valence-electron chi connectivity index (χ2n) is 8.54. The number of carbonyl (C=O) groups is 2. The number of nitrogens with zero attached hydrogens (tertiary/aromatic N) is 3. The molecule has 0 aliphatic carbocycles. The first-order chi connectivity index (χ1) is 15.0. The maximum atomic E-state index is 10.7. The highest BCUT2D eigenvalue weighted by molar-refractivity contribution is 5.76. The molecule has 5 rings (SSSR count). The van der Waals surface area contributed by atoms with Crippen LogP contribution in [0.4, 0.5) is 0 Å². The summed E-state index contributed by atoms with van der Waals surface area (Å²) in [4.78, 5) is 27.3. The minimum Gasteiger partial charge on any atom is -0.388 e. The average molecular weight is 434 g/mol. The first kappa shape index (κ1) is 27.1. The molecule has 31 heavy (non-hydrogen) atoms. The largest absolute Gasteiger partial charge is 0.388 e. The molecule has 176 valence electrons. The van der Waals surface area contributed by atoms with Crippen molar-refractivity contribution < 1.29 is 14.3 Å². The molecular weight excluding hydrogens is 390 g/mol. The van der Waals surface area contributed by atoms with Crippen molar-refractivity contribution in [3.05, 3.63) is 36.5 Å². The molecule has 0 N–H and O–H groups in total. The Bertz CT molecular complexity index is 572. The SMILES string of the molecule is C1CN2CCC1CC2.C=CC1=C(C=C)CN(C=O)CC1.CN1CCCCC1=O.COC. The summed E-state index contributed by atoms with van der Waals surface area (Å²) in [6.07, 6.45) is 12.9. The number of likely N-dealkylation sites (tertiary alicyclic amines) is 1. The third kappa shape index (κ3) is 10.3. The lowest BCUT2D eigenvalue weighted by molar-refractivity contribution is -0.131. The summed E-state index contributed by atoms with van der Waals surface area (Å²) in [7, 11) is 5.11. The summed E-state index contributed by atoms with van der Waals surface area (Å²) in [6.45, 7) is 14.0. The van der Waals surface area contributed by atoms with Crippen LogP contribution >= 0.6 is 0 Å². The second-order valence-corrected chi connectivity index (χ2v) is 8.54. The Morgan fingerprint density at radius 3 is 1.81 bits per heavy atom. The molecule has 5 aliphatic rings. The minimum absolute atomic E-state index is 0.302. The van der Waals surface area contributed by atoms with Crippen molar-refractivity contribution in [1.29, 1.82) is 0 Å². The topological polar surface area (TPSA) is 53.1 Å². The van der Waals surface area contributed by atoms with E-state index in [0.717, 1.165) is 50.3 Å². The van der Waals surface area contributed by atoms with Gasteiger partial charge in [-0.3, -0.25) is 9.59 Å². The van der Waals surface area contributed by atoms with Crippen molar-refractivity contribution in [1.82, 2.24) is 14.7 Å². The highest BCUT2D eigenvalue weighted by Gasteiger charge is 2.24. The van der Waals surface area contributed by atoms with E-state index in [9.17, 15) is 9.59 Å². The Labute approximate surface area is 189 Å². The number of ether oxygens (including phenoxy) is 1. The summed E-state index contributed by atoms with van der Waals surface area (Å²) in [5.74, 6) is 1.41. The average Bonchev–Trinajstić information content (AvgIpc) is 2.83. The molecule has 4 saturated heterocycles. The van der Waals surface area contributed by atoms with Crippen LogP contribution in [0.3, 0.4) is 0 Å². The zero-order valence-electron chi connectivity index (χ0n) is 20.0. The van der Waals surface area contributed by atoms with Crippen LogP contribution in [0.15, 0.2) is 36.5 Å². The lowest BCUT2D eigenvalue weighted by Gasteiger charge is -2.38. The molecule has 0 aromatic heterocycles. The Hall–Kier alpha value is -1.92. The van der Waals surface area contributed by atoms with Crippen LogP contribution in [0.1, 0.15) is 44.9 Å². The van der Waals surface area contributed by atoms with Crippen molar-refractivity contribution >= 4 is 12.3 Å². The van der Waals surface area contributed by atoms with Crippen LogP contribution in [-0.2, 0) is 14.3 Å². The Kier molecular flexibility index (Phi) is 13.8. The molecule has 5 aliphatic heterocycles. The predicted octanol–water partition coefficient (Wildman–Crippen LogP) is 3.51. The van der Waals surface area contributed by atoms with Crippen molar-refractivity contribution in [2.45, 2.75) is 44.9 Å². The van der Waals surface area contributed by atoms with Crippen molar-refractivity contribution in [2.24, 2.45) is 5.92 Å². The Morgan fingerprint density at radius 1 is 0.903 bits per heavy atom. The number of hydrogen-bond donors (Lipinski definition) is 0. The third-order valence-electron chi connectivity index (χ3n) is 6.22. The quantitative estimate of drug-likeness (QED) is 0.639. The normalized spacial score (nSPS) is 24.5. The van der Waals surface area contributed by atoms with Crippen molar-refractivity contribution in [3.63, 3.8) is 0 Å². The van der Waals surface area contributed by atoms with Gasteiger partial charge in [0.15, 0.2) is 0 Å². The van der Waals surface area contributed by atoms with E-state index >= 15 is 0 Å². The van der Waals surface area contributed by atoms with Gasteiger partial charge in [-0.25, -0.2) is 0 Å². The van der Waals surface area contributed by atoms with Gasteiger partial charge in [0.2, 0.25) is 12.3 Å². The van der Waals surface area contributed by atoms with Crippen LogP contribution in [0.5, 0.6) is 0 Å². The molecule has 5 heterocycles. The smallest absolute Gasteiger partial charge is 0.222 e. The van der Waals surface area contributed by atoms with Gasteiger partial charge in [0, 0.05) is 47.3 Å². The fourth-order valence-electron chi connectivity index (χ4n) is 4.15. The van der Waals surface area contributed by atoms with Crippen molar-refractivity contribution in [3.8, 4) is 0 Å². The van der Waals surface area contributed by atoms with Gasteiger partial charge in [-0.05, 0) is 75.2 Å². The summed E-state index contributed by atoms with van der Waals surface area (Å²) in [6, 6.07) is 0. The van der Waals surface area contributed by atoms with E-state index in [2.05, 4.69) is 22.8 Å². The maximum absolute atomic E-state index is 10.7. The third-order valence-corrected chi connectivity index (χ3v) is 6.22. The van der Waals surface area contributed by atoms with Gasteiger partial charge in [-0.1, -0.05) is 25.3 Å². The molecule has 0 aromatic rings. The molecule has 0 radical (unpaired) electrons.